The molecule has 4 heteroatoms. The highest BCUT2D eigenvalue weighted by molar-refractivity contribution is 8.00. The maximum Gasteiger partial charge on any atom is 0.0355 e. The Morgan fingerprint density at radius 1 is 0.280 bits per heavy atom. The van der Waals surface area contributed by atoms with Crippen LogP contribution in [0.4, 0.5) is 0 Å². The van der Waals surface area contributed by atoms with Crippen molar-refractivity contribution in [1.29, 1.82) is 0 Å². The molecule has 0 radical (unpaired) electrons. The van der Waals surface area contributed by atoms with Gasteiger partial charge in [-0.05, 0) is 105 Å². The van der Waals surface area contributed by atoms with E-state index in [0.29, 0.717) is 0 Å². The van der Waals surface area contributed by atoms with Crippen molar-refractivity contribution in [3.05, 3.63) is 146 Å². The first kappa shape index (κ1) is 27.9. The van der Waals surface area contributed by atoms with Gasteiger partial charge in [0.05, 0.1) is 0 Å². The van der Waals surface area contributed by atoms with Crippen molar-refractivity contribution in [2.45, 2.75) is 19.6 Å². The molecule has 0 fully saturated rings. The van der Waals surface area contributed by atoms with Gasteiger partial charge in [-0.3, -0.25) is 0 Å². The highest BCUT2D eigenvalue weighted by atomic mass is 32.2. The Morgan fingerprint density at radius 2 is 0.680 bits per heavy atom. The van der Waals surface area contributed by atoms with E-state index >= 15 is 0 Å². The van der Waals surface area contributed by atoms with E-state index in [9.17, 15) is 0 Å². The van der Waals surface area contributed by atoms with Crippen LogP contribution in [-0.2, 0) is 0 Å². The molecule has 0 spiro atoms. The van der Waals surface area contributed by atoms with Gasteiger partial charge in [0.15, 0.2) is 0 Å². The van der Waals surface area contributed by atoms with Gasteiger partial charge in [-0.2, -0.15) is 0 Å². The predicted octanol–water partition coefficient (Wildman–Crippen LogP) is 15.2. The minimum Gasteiger partial charge on any atom is -0.135 e. The van der Waals surface area contributed by atoms with Gasteiger partial charge in [0.1, 0.15) is 0 Å². The summed E-state index contributed by atoms with van der Waals surface area (Å²) in [7, 11) is 0. The fourth-order valence-corrected chi connectivity index (χ4v) is 12.6. The minimum absolute atomic E-state index is 1.27. The number of rotatable bonds is 2. The Labute approximate surface area is 305 Å². The largest absolute Gasteiger partial charge is 0.135 e. The van der Waals surface area contributed by atoms with Gasteiger partial charge in [0.25, 0.3) is 0 Å². The number of fused-ring (bicyclic) bond motifs is 10. The third-order valence-electron chi connectivity index (χ3n) is 10.5. The molecule has 2 aromatic heterocycles. The van der Waals surface area contributed by atoms with Crippen molar-refractivity contribution in [1.82, 2.24) is 0 Å². The molecule has 4 heterocycles. The maximum absolute atomic E-state index is 2.40. The molecule has 2 aliphatic rings. The minimum atomic E-state index is 1.27. The summed E-state index contributed by atoms with van der Waals surface area (Å²) in [6.07, 6.45) is 0. The fraction of sp³-hybridized carbons (Fsp3) is 0. The Hall–Kier alpha value is -4.84. The zero-order chi connectivity index (χ0) is 32.5. The van der Waals surface area contributed by atoms with Crippen LogP contribution in [0.1, 0.15) is 0 Å². The van der Waals surface area contributed by atoms with Crippen molar-refractivity contribution in [2.24, 2.45) is 0 Å². The highest BCUT2D eigenvalue weighted by Gasteiger charge is 2.27. The molecule has 0 nitrogen and oxygen atoms in total. The quantitative estimate of drug-likeness (QED) is 0.176. The van der Waals surface area contributed by atoms with Gasteiger partial charge in [0, 0.05) is 70.7 Å². The van der Waals surface area contributed by atoms with Crippen LogP contribution in [0.5, 0.6) is 0 Å². The highest BCUT2D eigenvalue weighted by Crippen LogP contribution is 2.56. The molecule has 0 unspecified atom stereocenters. The van der Waals surface area contributed by atoms with E-state index in [1.54, 1.807) is 0 Å². The lowest BCUT2D eigenvalue weighted by Crippen LogP contribution is -1.99. The Bertz CT molecular complexity index is 2890. The molecule has 0 amide bonds. The topological polar surface area (TPSA) is 0 Å². The van der Waals surface area contributed by atoms with Crippen LogP contribution in [0.3, 0.4) is 0 Å². The Kier molecular flexibility index (Phi) is 5.78. The van der Waals surface area contributed by atoms with E-state index < -0.39 is 0 Å². The molecule has 10 aromatic rings. The number of hydrogen-bond acceptors (Lipinski definition) is 4. The second-order valence-corrected chi connectivity index (χ2v) is 17.6. The third kappa shape index (κ3) is 3.96. The van der Waals surface area contributed by atoms with Crippen LogP contribution in [0, 0.1) is 0 Å². The summed E-state index contributed by atoms with van der Waals surface area (Å²) in [5, 5.41) is 8.18. The molecule has 0 bridgehead atoms. The van der Waals surface area contributed by atoms with E-state index in [-0.39, 0.29) is 0 Å². The smallest absolute Gasteiger partial charge is 0.0355 e. The van der Waals surface area contributed by atoms with Gasteiger partial charge in [-0.15, -0.1) is 22.7 Å². The summed E-state index contributed by atoms with van der Waals surface area (Å²) in [6.45, 7) is 0. The van der Waals surface area contributed by atoms with E-state index in [2.05, 4.69) is 146 Å². The summed E-state index contributed by atoms with van der Waals surface area (Å²) in [4.78, 5) is 5.36. The van der Waals surface area contributed by atoms with Crippen LogP contribution in [0.15, 0.2) is 165 Å². The zero-order valence-corrected chi connectivity index (χ0v) is 29.8. The molecule has 0 saturated carbocycles. The van der Waals surface area contributed by atoms with Crippen LogP contribution in [0.25, 0.3) is 95.6 Å². The Balaban J connectivity index is 0.949. The molecule has 2 aliphatic heterocycles. The first-order chi connectivity index (χ1) is 24.7. The molecule has 50 heavy (non-hydrogen) atoms. The summed E-state index contributed by atoms with van der Waals surface area (Å²) < 4.78 is 5.40. The molecule has 0 atom stereocenters. The van der Waals surface area contributed by atoms with E-state index in [4.69, 9.17) is 0 Å². The van der Waals surface area contributed by atoms with Crippen molar-refractivity contribution in [2.75, 3.05) is 0 Å². The van der Waals surface area contributed by atoms with Crippen molar-refractivity contribution in [3.8, 4) is 44.5 Å². The van der Waals surface area contributed by atoms with Crippen LogP contribution in [0.2, 0.25) is 0 Å². The average molecular weight is 705 g/mol. The average Bonchev–Trinajstić information content (AvgIpc) is 3.73. The molecular weight excluding hydrogens is 681 g/mol. The van der Waals surface area contributed by atoms with Gasteiger partial charge in [-0.25, -0.2) is 0 Å². The molecule has 0 aliphatic carbocycles. The van der Waals surface area contributed by atoms with Crippen molar-refractivity contribution in [3.63, 3.8) is 0 Å². The monoisotopic (exact) mass is 704 g/mol. The van der Waals surface area contributed by atoms with Crippen LogP contribution >= 0.6 is 46.2 Å². The van der Waals surface area contributed by atoms with Gasteiger partial charge >= 0.3 is 0 Å². The standard InChI is InChI=1S/C46H24S4/c1-3-7-37-29(5-1)35-21-25(11-17-39(35)47-37)27-9-13-31-33-15-16-34-32-14-10-28(26-12-18-40-36(22-26)30-6-2-4-8-38(30)48-40)24-44(32)50-42-20-19-41(45(33)46(34)42)49-43(31)23-27/h1-24H. The molecule has 8 aromatic carbocycles. The fourth-order valence-electron chi connectivity index (χ4n) is 8.12. The molecule has 0 N–H and O–H groups in total. The second-order valence-electron chi connectivity index (χ2n) is 13.2. The predicted molar refractivity (Wildman–Crippen MR) is 220 cm³/mol. The third-order valence-corrected chi connectivity index (χ3v) is 15.0. The molecule has 12 rings (SSSR count). The van der Waals surface area contributed by atoms with Gasteiger partial charge < -0.3 is 0 Å². The maximum atomic E-state index is 2.40. The van der Waals surface area contributed by atoms with Crippen LogP contribution < -0.4 is 0 Å². The number of thiophene rings is 2. The van der Waals surface area contributed by atoms with Crippen LogP contribution in [-0.4, -0.2) is 0 Å². The lowest BCUT2D eigenvalue weighted by molar-refractivity contribution is 1.34. The van der Waals surface area contributed by atoms with E-state index in [1.807, 2.05) is 46.2 Å². The first-order valence-electron chi connectivity index (χ1n) is 16.8. The summed E-state index contributed by atoms with van der Waals surface area (Å²) in [6, 6.07) is 55.0. The Morgan fingerprint density at radius 3 is 1.18 bits per heavy atom. The number of hydrogen-bond donors (Lipinski definition) is 0. The van der Waals surface area contributed by atoms with Gasteiger partial charge in [-0.1, -0.05) is 108 Å². The first-order valence-corrected chi connectivity index (χ1v) is 20.1. The van der Waals surface area contributed by atoms with E-state index in [0.717, 1.165) is 0 Å². The normalized spacial score (nSPS) is 13.0. The summed E-state index contributed by atoms with van der Waals surface area (Å²) >= 11 is 7.60. The summed E-state index contributed by atoms with van der Waals surface area (Å²) in [5.74, 6) is 0. The lowest BCUT2D eigenvalue weighted by Gasteiger charge is -2.27. The van der Waals surface area contributed by atoms with Crippen molar-refractivity contribution < 1.29 is 0 Å². The van der Waals surface area contributed by atoms with Gasteiger partial charge in [0.2, 0.25) is 0 Å². The second kappa shape index (κ2) is 10.3. The summed E-state index contributed by atoms with van der Waals surface area (Å²) in [5.41, 5.74) is 10.4. The molecule has 232 valence electrons. The molecular formula is C46H24S4. The van der Waals surface area contributed by atoms with E-state index in [1.165, 1.54) is 115 Å². The number of benzene rings is 8. The zero-order valence-electron chi connectivity index (χ0n) is 26.5. The lowest BCUT2D eigenvalue weighted by atomic mass is 9.90. The molecule has 0 saturated heterocycles. The van der Waals surface area contributed by atoms with Crippen molar-refractivity contribution >= 4 is 97.3 Å². The SMILES string of the molecule is c1ccc2c(c1)sc1ccc(-c3ccc4c(c3)Sc3ccc5c6c(ccc-4c36)-c3ccc(-c4ccc6sc7ccccc7c6c4)cc3S5)cc12.